The Morgan fingerprint density at radius 1 is 1.22 bits per heavy atom. The molecule has 0 bridgehead atoms. The standard InChI is InChI=1S/C27H36FN5O3/c1-15(29-3)26(35)31-24(16(2)34)27(36)32-11-10-23-25(32)21(14-33(23)18-6-4-5-7-18)20-13-30-22-12-17(28)8-9-19(20)22/h8-9,12-13,15-16,18,21,23,25,29-30,34H,4-7,10-11,14H2,1-3H3/t15-,16+,21+,23+,25+/m0/s1. The number of nitrogens with zero attached hydrogens (tertiary/aromatic N) is 3. The molecule has 36 heavy (non-hydrogen) atoms. The van der Waals surface area contributed by atoms with Crippen LogP contribution >= 0.6 is 0 Å². The molecule has 9 heteroatoms. The molecule has 1 aromatic heterocycles. The molecule has 3 N–H and O–H groups in total. The summed E-state index contributed by atoms with van der Waals surface area (Å²) < 4.78 is 13.9. The van der Waals surface area contributed by atoms with Gasteiger partial charge in [-0.2, -0.15) is 0 Å². The van der Waals surface area contributed by atoms with Gasteiger partial charge in [0.2, 0.25) is 0 Å². The van der Waals surface area contributed by atoms with Crippen molar-refractivity contribution < 1.29 is 19.1 Å². The Labute approximate surface area is 210 Å². The molecule has 1 aliphatic carbocycles. The fraction of sp³-hybridized carbons (Fsp3) is 0.593. The van der Waals surface area contributed by atoms with Crippen LogP contribution in [-0.2, 0) is 9.59 Å². The van der Waals surface area contributed by atoms with E-state index >= 15 is 0 Å². The van der Waals surface area contributed by atoms with Crippen LogP contribution in [0, 0.1) is 5.82 Å². The SMILES string of the molecule is CN[C@@H](C)C(=O)N=C(C(=O)N1CC[C@@H]2[C@H]1[C@@H](c1c[nH]c3cc(F)ccc13)CN2C1CCCC1)[C@@H](C)O. The molecule has 5 atom stereocenters. The molecule has 2 amide bonds. The smallest absolute Gasteiger partial charge is 0.271 e. The van der Waals surface area contributed by atoms with Gasteiger partial charge in [-0.15, -0.1) is 0 Å². The molecule has 2 saturated heterocycles. The lowest BCUT2D eigenvalue weighted by atomic mass is 9.91. The van der Waals surface area contributed by atoms with Crippen LogP contribution < -0.4 is 5.32 Å². The fourth-order valence-corrected chi connectivity index (χ4v) is 6.53. The lowest BCUT2D eigenvalue weighted by molar-refractivity contribution is -0.126. The molecule has 5 rings (SSSR count). The highest BCUT2D eigenvalue weighted by atomic mass is 19.1. The van der Waals surface area contributed by atoms with E-state index in [1.54, 1.807) is 14.0 Å². The first-order chi connectivity index (χ1) is 17.3. The number of aromatic nitrogens is 1. The second-order valence-corrected chi connectivity index (χ2v) is 10.5. The second-order valence-electron chi connectivity index (χ2n) is 10.5. The van der Waals surface area contributed by atoms with Crippen molar-refractivity contribution in [2.75, 3.05) is 20.1 Å². The Morgan fingerprint density at radius 2 is 1.97 bits per heavy atom. The molecule has 2 aliphatic heterocycles. The van der Waals surface area contributed by atoms with Gasteiger partial charge in [0.1, 0.15) is 11.5 Å². The average Bonchev–Trinajstić information content (AvgIpc) is 3.64. The number of aliphatic hydroxyl groups excluding tert-OH is 1. The summed E-state index contributed by atoms with van der Waals surface area (Å²) in [7, 11) is 1.65. The third-order valence-corrected chi connectivity index (χ3v) is 8.44. The molecular weight excluding hydrogens is 461 g/mol. The maximum Gasteiger partial charge on any atom is 0.271 e. The number of aromatic amines is 1. The van der Waals surface area contributed by atoms with Crippen molar-refractivity contribution in [3.05, 3.63) is 35.8 Å². The van der Waals surface area contributed by atoms with E-state index in [-0.39, 0.29) is 35.4 Å². The Bertz CT molecular complexity index is 1170. The number of aliphatic imine (C=N–C) groups is 1. The number of carbonyl (C=O) groups is 2. The first-order valence-corrected chi connectivity index (χ1v) is 13.1. The van der Waals surface area contributed by atoms with Gasteiger partial charge in [-0.05, 0) is 63.9 Å². The van der Waals surface area contributed by atoms with E-state index < -0.39 is 18.1 Å². The minimum absolute atomic E-state index is 0.0310. The van der Waals surface area contributed by atoms with E-state index in [9.17, 15) is 19.1 Å². The van der Waals surface area contributed by atoms with Crippen molar-refractivity contribution in [3.8, 4) is 0 Å². The van der Waals surface area contributed by atoms with Crippen molar-refractivity contribution in [2.45, 2.75) is 82.1 Å². The zero-order chi connectivity index (χ0) is 25.6. The number of fused-ring (bicyclic) bond motifs is 2. The lowest BCUT2D eigenvalue weighted by Gasteiger charge is -2.30. The van der Waals surface area contributed by atoms with Gasteiger partial charge in [0.25, 0.3) is 11.8 Å². The monoisotopic (exact) mass is 497 g/mol. The van der Waals surface area contributed by atoms with Gasteiger partial charge >= 0.3 is 0 Å². The molecule has 0 radical (unpaired) electrons. The highest BCUT2D eigenvalue weighted by Crippen LogP contribution is 2.45. The third kappa shape index (κ3) is 4.37. The van der Waals surface area contributed by atoms with Crippen molar-refractivity contribution >= 4 is 28.4 Å². The number of halogens is 1. The molecule has 0 spiro atoms. The minimum Gasteiger partial charge on any atom is -0.387 e. The summed E-state index contributed by atoms with van der Waals surface area (Å²) in [5, 5.41) is 14.2. The maximum atomic E-state index is 13.9. The first-order valence-electron chi connectivity index (χ1n) is 13.1. The predicted molar refractivity (Wildman–Crippen MR) is 137 cm³/mol. The number of rotatable bonds is 6. The van der Waals surface area contributed by atoms with Crippen LogP contribution in [0.15, 0.2) is 29.4 Å². The van der Waals surface area contributed by atoms with Gasteiger partial charge in [-0.25, -0.2) is 9.38 Å². The third-order valence-electron chi connectivity index (χ3n) is 8.44. The predicted octanol–water partition coefficient (Wildman–Crippen LogP) is 2.57. The molecule has 3 aliphatic rings. The summed E-state index contributed by atoms with van der Waals surface area (Å²) in [6.07, 6.45) is 6.41. The van der Waals surface area contributed by atoms with E-state index in [1.165, 1.54) is 44.7 Å². The molecule has 8 nitrogen and oxygen atoms in total. The largest absolute Gasteiger partial charge is 0.387 e. The van der Waals surface area contributed by atoms with Crippen molar-refractivity contribution in [1.29, 1.82) is 0 Å². The molecule has 0 unspecified atom stereocenters. The van der Waals surface area contributed by atoms with E-state index in [2.05, 4.69) is 20.2 Å². The number of H-pyrrole nitrogens is 1. The molecular formula is C27H36FN5O3. The summed E-state index contributed by atoms with van der Waals surface area (Å²) in [5.41, 5.74) is 1.71. The summed E-state index contributed by atoms with van der Waals surface area (Å²) >= 11 is 0. The summed E-state index contributed by atoms with van der Waals surface area (Å²) in [6, 6.07) is 4.84. The minimum atomic E-state index is -1.16. The highest BCUT2D eigenvalue weighted by Gasteiger charge is 2.53. The quantitative estimate of drug-likeness (QED) is 0.533. The summed E-state index contributed by atoms with van der Waals surface area (Å²) in [5.74, 6) is -1.11. The Hall–Kier alpha value is -2.62. The molecule has 3 heterocycles. The van der Waals surface area contributed by atoms with E-state index in [0.717, 1.165) is 29.4 Å². The van der Waals surface area contributed by atoms with E-state index in [4.69, 9.17) is 0 Å². The molecule has 2 aromatic rings. The van der Waals surface area contributed by atoms with E-state index in [0.29, 0.717) is 12.6 Å². The fourth-order valence-electron chi connectivity index (χ4n) is 6.53. The van der Waals surface area contributed by atoms with Gasteiger partial charge in [-0.3, -0.25) is 14.5 Å². The number of carbonyl (C=O) groups excluding carboxylic acids is 2. The van der Waals surface area contributed by atoms with E-state index in [1.807, 2.05) is 17.2 Å². The van der Waals surface area contributed by atoms with Gasteiger partial charge in [0.05, 0.1) is 18.2 Å². The lowest BCUT2D eigenvalue weighted by Crippen LogP contribution is -2.48. The summed E-state index contributed by atoms with van der Waals surface area (Å²) in [6.45, 7) is 4.53. The molecule has 3 fully saturated rings. The average molecular weight is 498 g/mol. The number of aliphatic hydroxyl groups is 1. The zero-order valence-electron chi connectivity index (χ0n) is 21.2. The topological polar surface area (TPSA) is 101 Å². The molecule has 1 aromatic carbocycles. The van der Waals surface area contributed by atoms with Crippen LogP contribution in [0.1, 0.15) is 57.4 Å². The summed E-state index contributed by atoms with van der Waals surface area (Å²) in [4.78, 5) is 38.0. The number of likely N-dealkylation sites (N-methyl/N-ethyl adjacent to an activating group) is 1. The Kier molecular flexibility index (Phi) is 6.98. The number of hydrogen-bond acceptors (Lipinski definition) is 5. The van der Waals surface area contributed by atoms with Crippen LogP contribution in [0.3, 0.4) is 0 Å². The first kappa shape index (κ1) is 25.0. The number of nitrogens with one attached hydrogen (secondary N) is 2. The van der Waals surface area contributed by atoms with Crippen molar-refractivity contribution in [2.24, 2.45) is 4.99 Å². The van der Waals surface area contributed by atoms with Gasteiger partial charge in [0, 0.05) is 48.2 Å². The van der Waals surface area contributed by atoms with Gasteiger partial charge in [0.15, 0.2) is 0 Å². The van der Waals surface area contributed by atoms with Crippen LogP contribution in [0.5, 0.6) is 0 Å². The Balaban J connectivity index is 1.52. The van der Waals surface area contributed by atoms with Gasteiger partial charge < -0.3 is 20.3 Å². The second kappa shape index (κ2) is 10.0. The molecule has 194 valence electrons. The van der Waals surface area contributed by atoms with Crippen molar-refractivity contribution in [1.82, 2.24) is 20.1 Å². The molecule has 1 saturated carbocycles. The Morgan fingerprint density at radius 3 is 2.67 bits per heavy atom. The van der Waals surface area contributed by atoms with Crippen LogP contribution in [0.25, 0.3) is 10.9 Å². The normalized spacial score (nSPS) is 27.1. The number of benzene rings is 1. The number of hydrogen-bond donors (Lipinski definition) is 3. The van der Waals surface area contributed by atoms with Crippen LogP contribution in [-0.4, -0.2) is 87.8 Å². The maximum absolute atomic E-state index is 13.9. The zero-order valence-corrected chi connectivity index (χ0v) is 21.2. The van der Waals surface area contributed by atoms with Crippen molar-refractivity contribution in [3.63, 3.8) is 0 Å². The van der Waals surface area contributed by atoms with Crippen LogP contribution in [0.4, 0.5) is 4.39 Å². The number of amides is 2. The van der Waals surface area contributed by atoms with Crippen LogP contribution in [0.2, 0.25) is 0 Å². The van der Waals surface area contributed by atoms with Gasteiger partial charge in [-0.1, -0.05) is 12.8 Å². The highest BCUT2D eigenvalue weighted by molar-refractivity contribution is 6.42. The number of likely N-dealkylation sites (tertiary alicyclic amines) is 2.